The van der Waals surface area contributed by atoms with Crippen LogP contribution in [-0.4, -0.2) is 30.6 Å². The first-order valence-corrected chi connectivity index (χ1v) is 12.2. The SMILES string of the molecule is Fc1ccc(C(CCCN2CCC(N3N=NCc4ccccc43)CC2)c2ccc(F)cc2)cc1. The Kier molecular flexibility index (Phi) is 6.95. The molecule has 0 N–H and O–H groups in total. The Bertz CT molecular complexity index is 1060. The fourth-order valence-electron chi connectivity index (χ4n) is 5.18. The Labute approximate surface area is 199 Å². The van der Waals surface area contributed by atoms with Crippen molar-refractivity contribution >= 4 is 5.69 Å². The van der Waals surface area contributed by atoms with Gasteiger partial charge in [-0.3, -0.25) is 0 Å². The van der Waals surface area contributed by atoms with Crippen LogP contribution in [0, 0.1) is 11.6 Å². The van der Waals surface area contributed by atoms with Crippen molar-refractivity contribution in [3.05, 3.63) is 101 Å². The van der Waals surface area contributed by atoms with Gasteiger partial charge in [0, 0.05) is 24.6 Å². The molecule has 0 spiro atoms. The van der Waals surface area contributed by atoms with Crippen molar-refractivity contribution in [3.8, 4) is 0 Å². The molecule has 1 saturated heterocycles. The zero-order valence-electron chi connectivity index (χ0n) is 19.3. The van der Waals surface area contributed by atoms with Gasteiger partial charge in [0.05, 0.1) is 18.3 Å². The number of nitrogens with zero attached hydrogens (tertiary/aromatic N) is 4. The first-order chi connectivity index (χ1) is 16.7. The third kappa shape index (κ3) is 5.17. The Morgan fingerprint density at radius 3 is 2.09 bits per heavy atom. The number of piperidine rings is 1. The Morgan fingerprint density at radius 2 is 1.44 bits per heavy atom. The van der Waals surface area contributed by atoms with E-state index in [9.17, 15) is 8.78 Å². The molecule has 0 unspecified atom stereocenters. The number of likely N-dealkylation sites (tertiary alicyclic amines) is 1. The zero-order chi connectivity index (χ0) is 23.3. The Hall–Kier alpha value is -3.12. The van der Waals surface area contributed by atoms with Crippen LogP contribution in [0.15, 0.2) is 83.1 Å². The summed E-state index contributed by atoms with van der Waals surface area (Å²) in [5, 5.41) is 10.9. The van der Waals surface area contributed by atoms with Gasteiger partial charge in [-0.1, -0.05) is 47.7 Å². The average molecular weight is 461 g/mol. The maximum absolute atomic E-state index is 13.5. The summed E-state index contributed by atoms with van der Waals surface area (Å²) in [6, 6.07) is 22.2. The van der Waals surface area contributed by atoms with E-state index in [4.69, 9.17) is 0 Å². The minimum absolute atomic E-state index is 0.129. The Balaban J connectivity index is 1.17. The highest BCUT2D eigenvalue weighted by Gasteiger charge is 2.28. The summed E-state index contributed by atoms with van der Waals surface area (Å²) in [6.45, 7) is 3.76. The van der Waals surface area contributed by atoms with Gasteiger partial charge in [-0.15, -0.1) is 0 Å². The lowest BCUT2D eigenvalue weighted by Crippen LogP contribution is -2.44. The lowest BCUT2D eigenvalue weighted by molar-refractivity contribution is 0.203. The number of benzene rings is 3. The summed E-state index contributed by atoms with van der Waals surface area (Å²) >= 11 is 0. The van der Waals surface area contributed by atoms with Crippen LogP contribution in [0.4, 0.5) is 14.5 Å². The van der Waals surface area contributed by atoms with Gasteiger partial charge in [0.2, 0.25) is 0 Å². The summed E-state index contributed by atoms with van der Waals surface area (Å²) in [5.41, 5.74) is 4.58. The molecule has 0 saturated carbocycles. The molecule has 6 heteroatoms. The number of hydrogen-bond donors (Lipinski definition) is 0. The van der Waals surface area contributed by atoms with Gasteiger partial charge in [0.15, 0.2) is 0 Å². The van der Waals surface area contributed by atoms with E-state index in [0.29, 0.717) is 12.6 Å². The second kappa shape index (κ2) is 10.4. The van der Waals surface area contributed by atoms with E-state index >= 15 is 0 Å². The molecule has 4 nitrogen and oxygen atoms in total. The molecular formula is C28H30F2N4. The van der Waals surface area contributed by atoms with Crippen molar-refractivity contribution in [2.24, 2.45) is 10.3 Å². The van der Waals surface area contributed by atoms with Crippen molar-refractivity contribution in [1.29, 1.82) is 0 Å². The summed E-state index contributed by atoms with van der Waals surface area (Å²) in [7, 11) is 0. The molecule has 176 valence electrons. The van der Waals surface area contributed by atoms with Gasteiger partial charge >= 0.3 is 0 Å². The molecule has 3 aromatic carbocycles. The second-order valence-electron chi connectivity index (χ2n) is 9.23. The zero-order valence-corrected chi connectivity index (χ0v) is 19.3. The second-order valence-corrected chi connectivity index (χ2v) is 9.23. The topological polar surface area (TPSA) is 31.2 Å². The Morgan fingerprint density at radius 1 is 0.824 bits per heavy atom. The lowest BCUT2D eigenvalue weighted by atomic mass is 9.87. The standard InChI is InChI=1S/C28H30F2N4/c29-24-11-7-21(8-12-24)27(22-9-13-25(30)14-10-22)5-3-17-33-18-15-26(16-19-33)34-28-6-2-1-4-23(28)20-31-32-34/h1-2,4,6-14,26-27H,3,5,15-20H2. The van der Waals surface area contributed by atoms with E-state index in [-0.39, 0.29) is 17.6 Å². The fraction of sp³-hybridized carbons (Fsp3) is 0.357. The predicted octanol–water partition coefficient (Wildman–Crippen LogP) is 6.73. The van der Waals surface area contributed by atoms with E-state index in [2.05, 4.69) is 44.5 Å². The van der Waals surface area contributed by atoms with E-state index in [1.807, 2.05) is 24.3 Å². The van der Waals surface area contributed by atoms with Gasteiger partial charge in [-0.05, 0) is 73.7 Å². The number of hydrogen-bond acceptors (Lipinski definition) is 4. The lowest BCUT2D eigenvalue weighted by Gasteiger charge is -2.38. The third-order valence-electron chi connectivity index (χ3n) is 7.05. The largest absolute Gasteiger partial charge is 0.303 e. The van der Waals surface area contributed by atoms with Crippen LogP contribution in [0.2, 0.25) is 0 Å². The van der Waals surface area contributed by atoms with Crippen LogP contribution in [0.25, 0.3) is 0 Å². The highest BCUT2D eigenvalue weighted by molar-refractivity contribution is 5.54. The van der Waals surface area contributed by atoms with Gasteiger partial charge < -0.3 is 4.90 Å². The molecule has 0 aliphatic carbocycles. The van der Waals surface area contributed by atoms with E-state index in [1.54, 1.807) is 0 Å². The van der Waals surface area contributed by atoms with Crippen LogP contribution in [0.5, 0.6) is 0 Å². The van der Waals surface area contributed by atoms with Crippen molar-refractivity contribution in [2.75, 3.05) is 24.6 Å². The first kappa shape index (κ1) is 22.7. The maximum atomic E-state index is 13.5. The van der Waals surface area contributed by atoms with E-state index in [0.717, 1.165) is 56.4 Å². The number of para-hydroxylation sites is 1. The number of rotatable bonds is 7. The van der Waals surface area contributed by atoms with Crippen molar-refractivity contribution < 1.29 is 8.78 Å². The minimum atomic E-state index is -0.236. The number of halogens is 2. The van der Waals surface area contributed by atoms with Crippen LogP contribution in [-0.2, 0) is 6.54 Å². The summed E-state index contributed by atoms with van der Waals surface area (Å²) < 4.78 is 27.0. The number of anilines is 1. The molecule has 1 fully saturated rings. The predicted molar refractivity (Wildman–Crippen MR) is 131 cm³/mol. The van der Waals surface area contributed by atoms with Crippen LogP contribution in [0.1, 0.15) is 48.3 Å². The smallest absolute Gasteiger partial charge is 0.123 e. The molecule has 0 bridgehead atoms. The monoisotopic (exact) mass is 460 g/mol. The van der Waals surface area contributed by atoms with Gasteiger partial charge in [0.25, 0.3) is 0 Å². The molecule has 2 aliphatic rings. The molecular weight excluding hydrogens is 430 g/mol. The summed E-state index contributed by atoms with van der Waals surface area (Å²) in [6.07, 6.45) is 4.08. The van der Waals surface area contributed by atoms with E-state index in [1.165, 1.54) is 35.5 Å². The number of fused-ring (bicyclic) bond motifs is 1. The molecule has 3 aromatic rings. The third-order valence-corrected chi connectivity index (χ3v) is 7.05. The fourth-order valence-corrected chi connectivity index (χ4v) is 5.18. The summed E-state index contributed by atoms with van der Waals surface area (Å²) in [4.78, 5) is 2.52. The van der Waals surface area contributed by atoms with Crippen molar-refractivity contribution in [1.82, 2.24) is 4.90 Å². The van der Waals surface area contributed by atoms with Crippen LogP contribution in [0.3, 0.4) is 0 Å². The van der Waals surface area contributed by atoms with Gasteiger partial charge in [-0.2, -0.15) is 5.11 Å². The first-order valence-electron chi connectivity index (χ1n) is 12.2. The molecule has 5 rings (SSSR count). The quantitative estimate of drug-likeness (QED) is 0.391. The molecule has 34 heavy (non-hydrogen) atoms. The average Bonchev–Trinajstić information content (AvgIpc) is 2.88. The highest BCUT2D eigenvalue weighted by atomic mass is 19.1. The molecule has 0 amide bonds. The normalized spacial score (nSPS) is 16.7. The molecule has 2 aliphatic heterocycles. The van der Waals surface area contributed by atoms with E-state index < -0.39 is 0 Å². The molecule has 0 aromatic heterocycles. The molecule has 0 radical (unpaired) electrons. The van der Waals surface area contributed by atoms with Crippen LogP contribution >= 0.6 is 0 Å². The van der Waals surface area contributed by atoms with Gasteiger partial charge in [-0.25, -0.2) is 13.8 Å². The van der Waals surface area contributed by atoms with Crippen LogP contribution < -0.4 is 5.01 Å². The highest BCUT2D eigenvalue weighted by Crippen LogP contribution is 2.32. The molecule has 0 atom stereocenters. The van der Waals surface area contributed by atoms with Gasteiger partial charge in [0.1, 0.15) is 11.6 Å². The molecule has 2 heterocycles. The maximum Gasteiger partial charge on any atom is 0.123 e. The van der Waals surface area contributed by atoms with Crippen molar-refractivity contribution in [2.45, 2.75) is 44.2 Å². The van der Waals surface area contributed by atoms with Crippen molar-refractivity contribution in [3.63, 3.8) is 0 Å². The summed E-state index contributed by atoms with van der Waals surface area (Å²) in [5.74, 6) is -0.343. The minimum Gasteiger partial charge on any atom is -0.303 e.